The minimum atomic E-state index is -0.743. The van der Waals surface area contributed by atoms with Crippen LogP contribution in [0.15, 0.2) is 18.5 Å². The number of hydrogen-bond donors (Lipinski definition) is 2. The molecule has 2 aromatic rings. The largest absolute Gasteiger partial charge is 0.481 e. The molecule has 0 radical (unpaired) electrons. The second-order valence-electron chi connectivity index (χ2n) is 5.64. The molecule has 21 heavy (non-hydrogen) atoms. The maximum absolute atomic E-state index is 10.8. The van der Waals surface area contributed by atoms with Crippen LogP contribution in [-0.2, 0) is 4.79 Å². The summed E-state index contributed by atoms with van der Waals surface area (Å²) < 4.78 is 1.82. The standard InChI is InChI=1S/C15H22N4O2/c1-10(2)12-9-13-14(17-7-8-19(13)18-12)16-6-4-5-11(3)15(20)21/h7-11H,4-6H2,1-3H3,(H,16,17)(H,20,21). The van der Waals surface area contributed by atoms with E-state index < -0.39 is 5.97 Å². The lowest BCUT2D eigenvalue weighted by atomic mass is 10.1. The van der Waals surface area contributed by atoms with Crippen molar-refractivity contribution in [3.8, 4) is 0 Å². The van der Waals surface area contributed by atoms with Crippen molar-refractivity contribution >= 4 is 17.3 Å². The fraction of sp³-hybridized carbons (Fsp3) is 0.533. The van der Waals surface area contributed by atoms with Crippen molar-refractivity contribution in [1.82, 2.24) is 14.6 Å². The third-order valence-electron chi connectivity index (χ3n) is 3.53. The molecule has 0 bridgehead atoms. The number of aliphatic carboxylic acids is 1. The zero-order chi connectivity index (χ0) is 15.4. The smallest absolute Gasteiger partial charge is 0.306 e. The molecular formula is C15H22N4O2. The summed E-state index contributed by atoms with van der Waals surface area (Å²) in [5.41, 5.74) is 1.98. The Hall–Kier alpha value is -2.11. The van der Waals surface area contributed by atoms with Crippen LogP contribution in [0.4, 0.5) is 5.82 Å². The van der Waals surface area contributed by atoms with Gasteiger partial charge in [0, 0.05) is 18.9 Å². The van der Waals surface area contributed by atoms with Gasteiger partial charge in [-0.1, -0.05) is 20.8 Å². The van der Waals surface area contributed by atoms with Crippen molar-refractivity contribution in [2.45, 2.75) is 39.5 Å². The van der Waals surface area contributed by atoms with Gasteiger partial charge in [0.2, 0.25) is 0 Å². The normalized spacial score (nSPS) is 12.8. The molecule has 2 heterocycles. The topological polar surface area (TPSA) is 79.5 Å². The Morgan fingerprint density at radius 3 is 2.86 bits per heavy atom. The van der Waals surface area contributed by atoms with Gasteiger partial charge in [0.1, 0.15) is 5.52 Å². The lowest BCUT2D eigenvalue weighted by Gasteiger charge is -2.08. The molecule has 0 aliphatic rings. The molecule has 0 fully saturated rings. The van der Waals surface area contributed by atoms with Crippen LogP contribution >= 0.6 is 0 Å². The lowest BCUT2D eigenvalue weighted by Crippen LogP contribution is -2.12. The highest BCUT2D eigenvalue weighted by Crippen LogP contribution is 2.20. The summed E-state index contributed by atoms with van der Waals surface area (Å²) in [5.74, 6) is 0.111. The van der Waals surface area contributed by atoms with Crippen LogP contribution < -0.4 is 5.32 Å². The fourth-order valence-corrected chi connectivity index (χ4v) is 2.10. The van der Waals surface area contributed by atoms with E-state index in [1.54, 1.807) is 13.1 Å². The molecule has 6 nitrogen and oxygen atoms in total. The molecule has 1 unspecified atom stereocenters. The number of anilines is 1. The van der Waals surface area contributed by atoms with E-state index in [0.29, 0.717) is 18.9 Å². The van der Waals surface area contributed by atoms with Crippen molar-refractivity contribution in [3.05, 3.63) is 24.2 Å². The predicted molar refractivity (Wildman–Crippen MR) is 81.6 cm³/mol. The first-order valence-corrected chi connectivity index (χ1v) is 7.30. The number of carboxylic acids is 1. The number of carboxylic acid groups (broad SMARTS) is 1. The third-order valence-corrected chi connectivity index (χ3v) is 3.53. The predicted octanol–water partition coefficient (Wildman–Crippen LogP) is 2.77. The quantitative estimate of drug-likeness (QED) is 0.766. The highest BCUT2D eigenvalue weighted by Gasteiger charge is 2.11. The fourth-order valence-electron chi connectivity index (χ4n) is 2.10. The molecule has 0 spiro atoms. The molecule has 1 atom stereocenters. The molecule has 2 N–H and O–H groups in total. The Bertz CT molecular complexity index is 621. The van der Waals surface area contributed by atoms with E-state index in [2.05, 4.69) is 29.2 Å². The Labute approximate surface area is 124 Å². The summed E-state index contributed by atoms with van der Waals surface area (Å²) in [6.45, 7) is 6.64. The van der Waals surface area contributed by atoms with Gasteiger partial charge in [-0.05, 0) is 24.8 Å². The maximum atomic E-state index is 10.8. The molecule has 2 aromatic heterocycles. The molecule has 6 heteroatoms. The first-order valence-electron chi connectivity index (χ1n) is 7.30. The number of rotatable bonds is 7. The minimum Gasteiger partial charge on any atom is -0.481 e. The number of aromatic nitrogens is 3. The van der Waals surface area contributed by atoms with E-state index in [1.165, 1.54) is 0 Å². The van der Waals surface area contributed by atoms with Crippen molar-refractivity contribution in [1.29, 1.82) is 0 Å². The highest BCUT2D eigenvalue weighted by atomic mass is 16.4. The van der Waals surface area contributed by atoms with Crippen LogP contribution in [0, 0.1) is 5.92 Å². The maximum Gasteiger partial charge on any atom is 0.306 e. The van der Waals surface area contributed by atoms with Crippen molar-refractivity contribution in [2.75, 3.05) is 11.9 Å². The first-order chi connectivity index (χ1) is 9.99. The van der Waals surface area contributed by atoms with Crippen molar-refractivity contribution in [2.24, 2.45) is 5.92 Å². The molecule has 0 saturated heterocycles. The average molecular weight is 290 g/mol. The number of fused-ring (bicyclic) bond motifs is 1. The number of nitrogens with one attached hydrogen (secondary N) is 1. The molecule has 0 aliphatic heterocycles. The van der Waals surface area contributed by atoms with Gasteiger partial charge in [0.05, 0.1) is 11.6 Å². The first kappa shape index (κ1) is 15.3. The Morgan fingerprint density at radius 1 is 1.43 bits per heavy atom. The van der Waals surface area contributed by atoms with E-state index in [9.17, 15) is 4.79 Å². The monoisotopic (exact) mass is 290 g/mol. The summed E-state index contributed by atoms with van der Waals surface area (Å²) in [6.07, 6.45) is 4.99. The zero-order valence-corrected chi connectivity index (χ0v) is 12.7. The Balaban J connectivity index is 2.00. The number of nitrogens with zero attached hydrogens (tertiary/aromatic N) is 3. The van der Waals surface area contributed by atoms with Gasteiger partial charge in [0.25, 0.3) is 0 Å². The van der Waals surface area contributed by atoms with Gasteiger partial charge >= 0.3 is 5.97 Å². The van der Waals surface area contributed by atoms with Gasteiger partial charge in [-0.2, -0.15) is 5.10 Å². The molecule has 0 aliphatic carbocycles. The summed E-state index contributed by atoms with van der Waals surface area (Å²) in [5, 5.41) is 16.6. The van der Waals surface area contributed by atoms with Crippen molar-refractivity contribution in [3.63, 3.8) is 0 Å². The van der Waals surface area contributed by atoms with Crippen LogP contribution in [0.3, 0.4) is 0 Å². The van der Waals surface area contributed by atoms with Crippen LogP contribution in [-0.4, -0.2) is 32.2 Å². The van der Waals surface area contributed by atoms with Gasteiger partial charge in [0.15, 0.2) is 5.82 Å². The van der Waals surface area contributed by atoms with Crippen LogP contribution in [0.25, 0.3) is 5.52 Å². The van der Waals surface area contributed by atoms with E-state index in [1.807, 2.05) is 16.8 Å². The van der Waals surface area contributed by atoms with Crippen LogP contribution in [0.1, 0.15) is 45.2 Å². The lowest BCUT2D eigenvalue weighted by molar-refractivity contribution is -0.141. The second kappa shape index (κ2) is 6.56. The SMILES string of the molecule is CC(CCCNc1nccn2nc(C(C)C)cc12)C(=O)O. The molecule has 0 amide bonds. The third kappa shape index (κ3) is 3.71. The van der Waals surface area contributed by atoms with E-state index >= 15 is 0 Å². The van der Waals surface area contributed by atoms with E-state index in [4.69, 9.17) is 5.11 Å². The highest BCUT2D eigenvalue weighted by molar-refractivity contribution is 5.69. The zero-order valence-electron chi connectivity index (χ0n) is 12.7. The minimum absolute atomic E-state index is 0.307. The Morgan fingerprint density at radius 2 is 2.19 bits per heavy atom. The summed E-state index contributed by atoms with van der Waals surface area (Å²) >= 11 is 0. The average Bonchev–Trinajstić information content (AvgIpc) is 2.88. The van der Waals surface area contributed by atoms with Crippen molar-refractivity contribution < 1.29 is 9.90 Å². The molecular weight excluding hydrogens is 268 g/mol. The van der Waals surface area contributed by atoms with Gasteiger partial charge in [-0.15, -0.1) is 0 Å². The van der Waals surface area contributed by atoms with Gasteiger partial charge < -0.3 is 10.4 Å². The number of carbonyl (C=O) groups is 1. The van der Waals surface area contributed by atoms with Gasteiger partial charge in [-0.3, -0.25) is 4.79 Å². The molecule has 114 valence electrons. The second-order valence-corrected chi connectivity index (χ2v) is 5.64. The number of hydrogen-bond acceptors (Lipinski definition) is 4. The molecule has 0 saturated carbocycles. The summed E-state index contributed by atoms with van der Waals surface area (Å²) in [6, 6.07) is 2.04. The van der Waals surface area contributed by atoms with E-state index in [-0.39, 0.29) is 5.92 Å². The van der Waals surface area contributed by atoms with E-state index in [0.717, 1.165) is 23.4 Å². The molecule has 0 aromatic carbocycles. The summed E-state index contributed by atoms with van der Waals surface area (Å²) in [7, 11) is 0. The Kier molecular flexibility index (Phi) is 4.77. The summed E-state index contributed by atoms with van der Waals surface area (Å²) in [4.78, 5) is 15.1. The molecule has 2 rings (SSSR count). The van der Waals surface area contributed by atoms with Gasteiger partial charge in [-0.25, -0.2) is 9.50 Å². The van der Waals surface area contributed by atoms with Crippen LogP contribution in [0.2, 0.25) is 0 Å². The van der Waals surface area contributed by atoms with Crippen LogP contribution in [0.5, 0.6) is 0 Å².